The Kier molecular flexibility index (Phi) is 5.07. The Bertz CT molecular complexity index is 777. The molecule has 2 aromatic rings. The quantitative estimate of drug-likeness (QED) is 0.558. The summed E-state index contributed by atoms with van der Waals surface area (Å²) in [6, 6.07) is 4.26. The molecule has 2 rings (SSSR count). The van der Waals surface area contributed by atoms with E-state index in [1.165, 1.54) is 35.8 Å². The zero-order valence-electron chi connectivity index (χ0n) is 12.1. The lowest BCUT2D eigenvalue weighted by Crippen LogP contribution is -2.37. The molecule has 0 bridgehead atoms. The van der Waals surface area contributed by atoms with Gasteiger partial charge in [-0.15, -0.1) is 0 Å². The molecule has 4 N–H and O–H groups in total. The third-order valence-electron chi connectivity index (χ3n) is 3.09. The number of hydrogen-bond acceptors (Lipinski definition) is 4. The summed E-state index contributed by atoms with van der Waals surface area (Å²) in [5.41, 5.74) is 6.29. The number of benzene rings is 1. The van der Waals surface area contributed by atoms with Crippen LogP contribution in [-0.2, 0) is 17.3 Å². The van der Waals surface area contributed by atoms with Crippen molar-refractivity contribution in [1.82, 2.24) is 0 Å². The van der Waals surface area contributed by atoms with Gasteiger partial charge in [-0.2, -0.15) is 0 Å². The van der Waals surface area contributed by atoms with Crippen molar-refractivity contribution < 1.29 is 18.5 Å². The summed E-state index contributed by atoms with van der Waals surface area (Å²) in [6.07, 6.45) is 4.33. The fourth-order valence-corrected chi connectivity index (χ4v) is 3.12. The van der Waals surface area contributed by atoms with Gasteiger partial charge in [-0.25, -0.2) is 4.79 Å². The van der Waals surface area contributed by atoms with Crippen molar-refractivity contribution in [2.45, 2.75) is 11.4 Å². The molecule has 0 amide bonds. The Labute approximate surface area is 139 Å². The highest BCUT2D eigenvalue weighted by Gasteiger charge is 2.22. The van der Waals surface area contributed by atoms with E-state index in [0.717, 1.165) is 0 Å². The van der Waals surface area contributed by atoms with Gasteiger partial charge in [0.25, 0.3) is 0 Å². The SMILES string of the molecule is CS(=O)c1cc(C(=O)O)c(N(Cc2ccoc2)C(=N)N)cc1Cl. The number of aromatic carboxylic acids is 1. The van der Waals surface area contributed by atoms with Gasteiger partial charge < -0.3 is 20.2 Å². The van der Waals surface area contributed by atoms with Crippen molar-refractivity contribution >= 4 is 40.0 Å². The van der Waals surface area contributed by atoms with Gasteiger partial charge in [-0.05, 0) is 18.2 Å². The second-order valence-electron chi connectivity index (χ2n) is 4.66. The van der Waals surface area contributed by atoms with E-state index in [9.17, 15) is 14.1 Å². The number of nitrogens with two attached hydrogens (primary N) is 1. The van der Waals surface area contributed by atoms with Crippen LogP contribution in [0.1, 0.15) is 15.9 Å². The molecular weight excluding hydrogens is 342 g/mol. The molecule has 122 valence electrons. The fourth-order valence-electron chi connectivity index (χ4n) is 2.02. The van der Waals surface area contributed by atoms with Crippen molar-refractivity contribution in [2.75, 3.05) is 11.2 Å². The molecule has 0 aliphatic rings. The Morgan fingerprint density at radius 1 is 1.52 bits per heavy atom. The molecule has 23 heavy (non-hydrogen) atoms. The summed E-state index contributed by atoms with van der Waals surface area (Å²) >= 11 is 6.09. The van der Waals surface area contributed by atoms with Crippen LogP contribution in [0.2, 0.25) is 5.02 Å². The van der Waals surface area contributed by atoms with E-state index in [-0.39, 0.29) is 33.7 Å². The Balaban J connectivity index is 2.57. The van der Waals surface area contributed by atoms with Crippen LogP contribution >= 0.6 is 11.6 Å². The first-order valence-electron chi connectivity index (χ1n) is 6.34. The van der Waals surface area contributed by atoms with Gasteiger partial charge >= 0.3 is 5.97 Å². The fraction of sp³-hybridized carbons (Fsp3) is 0.143. The minimum Gasteiger partial charge on any atom is -0.478 e. The number of halogens is 1. The average molecular weight is 356 g/mol. The number of anilines is 1. The summed E-state index contributed by atoms with van der Waals surface area (Å²) in [4.78, 5) is 13.0. The van der Waals surface area contributed by atoms with Crippen LogP contribution in [0.4, 0.5) is 5.69 Å². The van der Waals surface area contributed by atoms with Crippen molar-refractivity contribution in [1.29, 1.82) is 5.41 Å². The molecule has 7 nitrogen and oxygen atoms in total. The second-order valence-corrected chi connectivity index (χ2v) is 6.42. The zero-order chi connectivity index (χ0) is 17.1. The van der Waals surface area contributed by atoms with Gasteiger partial charge in [0.15, 0.2) is 5.96 Å². The summed E-state index contributed by atoms with van der Waals surface area (Å²) in [7, 11) is -1.44. The maximum atomic E-state index is 11.7. The normalized spacial score (nSPS) is 11.9. The van der Waals surface area contributed by atoms with Crippen LogP contribution in [0.15, 0.2) is 40.0 Å². The van der Waals surface area contributed by atoms with E-state index >= 15 is 0 Å². The molecule has 0 aliphatic heterocycles. The molecule has 9 heteroatoms. The molecule has 1 aromatic carbocycles. The first kappa shape index (κ1) is 17.0. The van der Waals surface area contributed by atoms with Crippen LogP contribution in [0.25, 0.3) is 0 Å². The number of carboxylic acid groups (broad SMARTS) is 1. The van der Waals surface area contributed by atoms with Gasteiger partial charge in [-0.1, -0.05) is 11.6 Å². The summed E-state index contributed by atoms with van der Waals surface area (Å²) < 4.78 is 16.6. The Morgan fingerprint density at radius 3 is 2.70 bits per heavy atom. The predicted octanol–water partition coefficient (Wildman–Crippen LogP) is 2.27. The average Bonchev–Trinajstić information content (AvgIpc) is 2.96. The molecule has 1 atom stereocenters. The Hall–Kier alpha value is -2.32. The van der Waals surface area contributed by atoms with Gasteiger partial charge in [0, 0.05) is 11.8 Å². The lowest BCUT2D eigenvalue weighted by Gasteiger charge is -2.24. The summed E-state index contributed by atoms with van der Waals surface area (Å²) in [5.74, 6) is -1.59. The van der Waals surface area contributed by atoms with Crippen LogP contribution in [-0.4, -0.2) is 27.5 Å². The van der Waals surface area contributed by atoms with Crippen LogP contribution in [0.5, 0.6) is 0 Å². The van der Waals surface area contributed by atoms with E-state index in [2.05, 4.69) is 0 Å². The van der Waals surface area contributed by atoms with Crippen molar-refractivity contribution in [3.05, 3.63) is 46.9 Å². The number of nitrogens with one attached hydrogen (secondary N) is 1. The van der Waals surface area contributed by atoms with Crippen LogP contribution in [0.3, 0.4) is 0 Å². The molecule has 1 heterocycles. The van der Waals surface area contributed by atoms with E-state index in [1.807, 2.05) is 0 Å². The minimum atomic E-state index is -1.44. The number of nitrogens with zero attached hydrogens (tertiary/aromatic N) is 1. The van der Waals surface area contributed by atoms with E-state index in [4.69, 9.17) is 27.2 Å². The monoisotopic (exact) mass is 355 g/mol. The molecular formula is C14H14ClN3O4S. The van der Waals surface area contributed by atoms with Crippen molar-refractivity contribution in [3.63, 3.8) is 0 Å². The van der Waals surface area contributed by atoms with Crippen molar-refractivity contribution in [3.8, 4) is 0 Å². The van der Waals surface area contributed by atoms with Gasteiger partial charge in [0.05, 0.1) is 51.0 Å². The third-order valence-corrected chi connectivity index (χ3v) is 4.47. The van der Waals surface area contributed by atoms with Gasteiger partial charge in [0.2, 0.25) is 0 Å². The first-order chi connectivity index (χ1) is 10.8. The number of carboxylic acids is 1. The minimum absolute atomic E-state index is 0.136. The van der Waals surface area contributed by atoms with Gasteiger partial charge in [0.1, 0.15) is 0 Å². The molecule has 0 aliphatic carbocycles. The lowest BCUT2D eigenvalue weighted by molar-refractivity contribution is 0.0697. The molecule has 0 radical (unpaired) electrons. The first-order valence-corrected chi connectivity index (χ1v) is 8.27. The van der Waals surface area contributed by atoms with Crippen molar-refractivity contribution in [2.24, 2.45) is 5.73 Å². The molecule has 0 saturated carbocycles. The van der Waals surface area contributed by atoms with Gasteiger partial charge in [-0.3, -0.25) is 9.62 Å². The highest BCUT2D eigenvalue weighted by atomic mass is 35.5. The standard InChI is InChI=1S/C14H14ClN3O4S/c1-23(21)12-4-9(13(19)20)11(5-10(12)15)18(14(16)17)6-8-2-3-22-7-8/h2-5,7H,6H2,1H3,(H3,16,17)(H,19,20). The van der Waals surface area contributed by atoms with E-state index in [0.29, 0.717) is 5.56 Å². The number of rotatable bonds is 5. The molecule has 1 aromatic heterocycles. The Morgan fingerprint density at radius 2 is 2.22 bits per heavy atom. The second kappa shape index (κ2) is 6.84. The largest absolute Gasteiger partial charge is 0.478 e. The van der Waals surface area contributed by atoms with Crippen LogP contribution < -0.4 is 10.6 Å². The van der Waals surface area contributed by atoms with Crippen LogP contribution in [0, 0.1) is 5.41 Å². The molecule has 1 unspecified atom stereocenters. The number of hydrogen-bond donors (Lipinski definition) is 3. The molecule has 0 saturated heterocycles. The van der Waals surface area contributed by atoms with E-state index in [1.54, 1.807) is 6.07 Å². The molecule has 0 spiro atoms. The smallest absolute Gasteiger partial charge is 0.337 e. The predicted molar refractivity (Wildman–Crippen MR) is 87.5 cm³/mol. The maximum Gasteiger partial charge on any atom is 0.337 e. The number of furan rings is 1. The number of guanidine groups is 1. The summed E-state index contributed by atoms with van der Waals surface area (Å²) in [6.45, 7) is 0.136. The number of carbonyl (C=O) groups is 1. The topological polar surface area (TPSA) is 121 Å². The maximum absolute atomic E-state index is 11.7. The molecule has 0 fully saturated rings. The third kappa shape index (κ3) is 3.72. The lowest BCUT2D eigenvalue weighted by atomic mass is 10.1. The van der Waals surface area contributed by atoms with E-state index < -0.39 is 16.8 Å². The summed E-state index contributed by atoms with van der Waals surface area (Å²) in [5, 5.41) is 17.3. The highest BCUT2D eigenvalue weighted by molar-refractivity contribution is 7.84. The highest BCUT2D eigenvalue weighted by Crippen LogP contribution is 2.31. The zero-order valence-corrected chi connectivity index (χ0v) is 13.6.